The maximum absolute atomic E-state index is 10.9. The normalized spacial score (nSPS) is 17.1. The van der Waals surface area contributed by atoms with Gasteiger partial charge < -0.3 is 13.7 Å². The molecule has 0 heterocycles. The Kier molecular flexibility index (Phi) is 6.36. The monoisotopic (exact) mass is 337 g/mol. The number of hydrogen-bond acceptors (Lipinski definition) is 9. The summed E-state index contributed by atoms with van der Waals surface area (Å²) in [7, 11) is -14.6. The second kappa shape index (κ2) is 6.45. The molecule has 0 saturated carbocycles. The zero-order chi connectivity index (χ0) is 15.5. The molecule has 2 atom stereocenters. The summed E-state index contributed by atoms with van der Waals surface area (Å²) in [5.41, 5.74) is 0. The van der Waals surface area contributed by atoms with Gasteiger partial charge in [0.2, 0.25) is 0 Å². The molecule has 0 aliphatic rings. The van der Waals surface area contributed by atoms with Gasteiger partial charge in [-0.1, -0.05) is 6.92 Å². The highest BCUT2D eigenvalue weighted by atomic mass is 32.2. The molecule has 9 nitrogen and oxygen atoms in total. The van der Waals surface area contributed by atoms with Gasteiger partial charge in [0.25, 0.3) is 0 Å². The maximum atomic E-state index is 10.9. The second-order valence-corrected chi connectivity index (χ2v) is 8.75. The summed E-state index contributed by atoms with van der Waals surface area (Å²) in [6.07, 6.45) is -1.87. The van der Waals surface area contributed by atoms with E-state index in [1.165, 1.54) is 6.92 Å². The van der Waals surface area contributed by atoms with Crippen LogP contribution in [-0.2, 0) is 30.4 Å². The third-order valence-electron chi connectivity index (χ3n) is 2.49. The van der Waals surface area contributed by atoms with Crippen LogP contribution in [0.1, 0.15) is 26.2 Å². The predicted octanol–water partition coefficient (Wildman–Crippen LogP) is -1.45. The minimum atomic E-state index is -5.01. The Hall–Kier alpha value is -0.270. The third-order valence-corrected chi connectivity index (χ3v) is 5.81. The first-order chi connectivity index (χ1) is 8.27. The topological polar surface area (TPSA) is 172 Å². The number of hydrogen-bond donors (Lipinski definition) is 0. The van der Waals surface area contributed by atoms with Crippen molar-refractivity contribution >= 4 is 30.4 Å². The Morgan fingerprint density at radius 1 is 0.842 bits per heavy atom. The second-order valence-electron chi connectivity index (χ2n) is 3.92. The summed E-state index contributed by atoms with van der Waals surface area (Å²) in [6, 6.07) is 0. The Morgan fingerprint density at radius 3 is 1.53 bits per heavy atom. The van der Waals surface area contributed by atoms with Gasteiger partial charge in [-0.2, -0.15) is 0 Å². The molecule has 116 valence electrons. The van der Waals surface area contributed by atoms with E-state index in [4.69, 9.17) is 0 Å². The Balaban J connectivity index is 5.10. The summed E-state index contributed by atoms with van der Waals surface area (Å²) in [6.45, 7) is 1.30. The lowest BCUT2D eigenvalue weighted by molar-refractivity contribution is 0.421. The molecule has 0 N–H and O–H groups in total. The van der Waals surface area contributed by atoms with Gasteiger partial charge in [-0.05, 0) is 19.3 Å². The molecule has 0 aromatic heterocycles. The van der Waals surface area contributed by atoms with E-state index in [1.807, 2.05) is 0 Å². The SMILES string of the molecule is CCC(CC(CCS(=O)(=O)[O-])S(=O)(=O)[O-])S(=O)(=O)[O-]. The van der Waals surface area contributed by atoms with Crippen LogP contribution in [0.5, 0.6) is 0 Å². The van der Waals surface area contributed by atoms with Crippen LogP contribution >= 0.6 is 0 Å². The highest BCUT2D eigenvalue weighted by Crippen LogP contribution is 2.19. The summed E-state index contributed by atoms with van der Waals surface area (Å²) >= 11 is 0. The standard InChI is InChI=1S/C7H16O9S3/c1-2-6(18(11,12)13)5-7(19(14,15)16)3-4-17(8,9)10/h6-7H,2-5H2,1H3,(H,8,9,10)(H,11,12,13)(H,14,15,16)/p-3. The van der Waals surface area contributed by atoms with E-state index in [0.29, 0.717) is 0 Å². The first kappa shape index (κ1) is 18.7. The lowest BCUT2D eigenvalue weighted by Gasteiger charge is -2.27. The van der Waals surface area contributed by atoms with Crippen LogP contribution < -0.4 is 0 Å². The fourth-order valence-electron chi connectivity index (χ4n) is 1.44. The van der Waals surface area contributed by atoms with Crippen molar-refractivity contribution in [2.24, 2.45) is 0 Å². The van der Waals surface area contributed by atoms with Gasteiger partial charge in [-0.15, -0.1) is 0 Å². The molecule has 0 radical (unpaired) electrons. The molecule has 12 heteroatoms. The van der Waals surface area contributed by atoms with Crippen molar-refractivity contribution in [3.63, 3.8) is 0 Å². The highest BCUT2D eigenvalue weighted by molar-refractivity contribution is 7.87. The summed E-state index contributed by atoms with van der Waals surface area (Å²) < 4.78 is 96.2. The Labute approximate surface area is 112 Å². The molecule has 19 heavy (non-hydrogen) atoms. The number of rotatable bonds is 8. The maximum Gasteiger partial charge on any atom is 0.0976 e. The zero-order valence-corrected chi connectivity index (χ0v) is 12.3. The fraction of sp³-hybridized carbons (Fsp3) is 1.00. The van der Waals surface area contributed by atoms with E-state index in [1.54, 1.807) is 0 Å². The van der Waals surface area contributed by atoms with Gasteiger partial charge >= 0.3 is 0 Å². The van der Waals surface area contributed by atoms with E-state index in [2.05, 4.69) is 0 Å². The lowest BCUT2D eigenvalue weighted by Crippen LogP contribution is -2.32. The van der Waals surface area contributed by atoms with Crippen molar-refractivity contribution in [2.45, 2.75) is 36.7 Å². The van der Waals surface area contributed by atoms with Gasteiger partial charge in [0.05, 0.1) is 40.9 Å². The van der Waals surface area contributed by atoms with Gasteiger partial charge in [0.15, 0.2) is 0 Å². The van der Waals surface area contributed by atoms with E-state index in [9.17, 15) is 38.9 Å². The first-order valence-corrected chi connectivity index (χ1v) is 9.62. The van der Waals surface area contributed by atoms with Crippen molar-refractivity contribution in [2.75, 3.05) is 5.75 Å². The van der Waals surface area contributed by atoms with Crippen LogP contribution in [0.2, 0.25) is 0 Å². The molecule has 0 aromatic carbocycles. The van der Waals surface area contributed by atoms with Gasteiger partial charge in [-0.3, -0.25) is 0 Å². The first-order valence-electron chi connectivity index (χ1n) is 5.10. The molecule has 0 aromatic rings. The lowest BCUT2D eigenvalue weighted by atomic mass is 10.1. The van der Waals surface area contributed by atoms with Crippen molar-refractivity contribution in [1.29, 1.82) is 0 Å². The Bertz CT molecular complexity index is 586. The molecular formula is C7H13O9S3-3. The largest absolute Gasteiger partial charge is 0.748 e. The van der Waals surface area contributed by atoms with Crippen molar-refractivity contribution in [3.8, 4) is 0 Å². The quantitative estimate of drug-likeness (QED) is 0.480. The molecule has 2 unspecified atom stereocenters. The van der Waals surface area contributed by atoms with E-state index >= 15 is 0 Å². The van der Waals surface area contributed by atoms with Crippen LogP contribution in [-0.4, -0.2) is 55.2 Å². The summed E-state index contributed by atoms with van der Waals surface area (Å²) in [5.74, 6) is -1.12. The minimum Gasteiger partial charge on any atom is -0.748 e. The van der Waals surface area contributed by atoms with Crippen LogP contribution in [0.25, 0.3) is 0 Å². The molecule has 0 saturated heterocycles. The van der Waals surface area contributed by atoms with E-state index in [-0.39, 0.29) is 6.42 Å². The predicted molar refractivity (Wildman–Crippen MR) is 61.1 cm³/mol. The molecule has 0 amide bonds. The van der Waals surface area contributed by atoms with Crippen molar-refractivity contribution in [3.05, 3.63) is 0 Å². The summed E-state index contributed by atoms with van der Waals surface area (Å²) in [5, 5.41) is -3.51. The van der Waals surface area contributed by atoms with Crippen molar-refractivity contribution in [1.82, 2.24) is 0 Å². The van der Waals surface area contributed by atoms with E-state index in [0.717, 1.165) is 0 Å². The molecule has 0 bridgehead atoms. The summed E-state index contributed by atoms with van der Waals surface area (Å²) in [4.78, 5) is 0. The average molecular weight is 337 g/mol. The molecule has 0 aliphatic carbocycles. The average Bonchev–Trinajstić information content (AvgIpc) is 2.11. The van der Waals surface area contributed by atoms with Crippen LogP contribution in [0.4, 0.5) is 0 Å². The molecule has 0 fully saturated rings. The van der Waals surface area contributed by atoms with Gasteiger partial charge in [0, 0.05) is 5.75 Å². The fourth-order valence-corrected chi connectivity index (χ4v) is 4.03. The van der Waals surface area contributed by atoms with E-state index < -0.39 is 59.4 Å². The zero-order valence-electron chi connectivity index (χ0n) is 9.88. The highest BCUT2D eigenvalue weighted by Gasteiger charge is 2.25. The minimum absolute atomic E-state index is 0.220. The van der Waals surface area contributed by atoms with Crippen LogP contribution in [0, 0.1) is 0 Å². The molecule has 0 spiro atoms. The van der Waals surface area contributed by atoms with Gasteiger partial charge in [0.1, 0.15) is 0 Å². The van der Waals surface area contributed by atoms with Crippen LogP contribution in [0.15, 0.2) is 0 Å². The van der Waals surface area contributed by atoms with Crippen LogP contribution in [0.3, 0.4) is 0 Å². The molecule has 0 rings (SSSR count). The third kappa shape index (κ3) is 7.79. The molecule has 0 aliphatic heterocycles. The van der Waals surface area contributed by atoms with Crippen molar-refractivity contribution < 1.29 is 38.9 Å². The Morgan fingerprint density at radius 2 is 1.26 bits per heavy atom. The molecular weight excluding hydrogens is 324 g/mol. The van der Waals surface area contributed by atoms with Gasteiger partial charge in [-0.25, -0.2) is 25.3 Å². The smallest absolute Gasteiger partial charge is 0.0976 e.